The lowest BCUT2D eigenvalue weighted by Gasteiger charge is -2.09. The van der Waals surface area contributed by atoms with E-state index in [2.05, 4.69) is 15.8 Å². The molecule has 3 N–H and O–H groups in total. The van der Waals surface area contributed by atoms with Crippen LogP contribution in [0, 0.1) is 0 Å². The summed E-state index contributed by atoms with van der Waals surface area (Å²) in [5, 5.41) is 18.7. The Morgan fingerprint density at radius 3 is 2.60 bits per heavy atom. The van der Waals surface area contributed by atoms with Gasteiger partial charge in [-0.1, -0.05) is 41.4 Å². The lowest BCUT2D eigenvalue weighted by atomic mass is 10.2. The van der Waals surface area contributed by atoms with Crippen LogP contribution in [0.3, 0.4) is 0 Å². The Bertz CT molecular complexity index is 1130. The van der Waals surface area contributed by atoms with Crippen molar-refractivity contribution in [2.24, 2.45) is 5.10 Å². The van der Waals surface area contributed by atoms with Gasteiger partial charge in [-0.15, -0.1) is 11.3 Å². The fraction of sp³-hybridized carbons (Fsp3) is 0. The van der Waals surface area contributed by atoms with Crippen LogP contribution in [0.5, 0.6) is 5.75 Å². The molecule has 0 spiro atoms. The number of aromatic hydroxyl groups is 1. The molecule has 0 aliphatic carbocycles. The number of hydrazone groups is 1. The van der Waals surface area contributed by atoms with Crippen LogP contribution >= 0.6 is 34.5 Å². The molecule has 0 fully saturated rings. The fourth-order valence-corrected chi connectivity index (χ4v) is 3.42. The Kier molecular flexibility index (Phi) is 7.24. The summed E-state index contributed by atoms with van der Waals surface area (Å²) in [6, 6.07) is 14.6. The highest BCUT2D eigenvalue weighted by Gasteiger charge is 2.16. The van der Waals surface area contributed by atoms with Crippen molar-refractivity contribution >= 4 is 58.6 Å². The van der Waals surface area contributed by atoms with Gasteiger partial charge in [-0.3, -0.25) is 9.59 Å². The van der Waals surface area contributed by atoms with E-state index in [1.807, 2.05) is 11.4 Å². The maximum atomic E-state index is 12.6. The molecular weight excluding hydrogens is 445 g/mol. The largest absolute Gasteiger partial charge is 0.507 e. The molecule has 0 radical (unpaired) electrons. The number of thiophene rings is 1. The van der Waals surface area contributed by atoms with E-state index in [1.54, 1.807) is 30.3 Å². The molecule has 0 aliphatic rings. The summed E-state index contributed by atoms with van der Waals surface area (Å²) in [4.78, 5) is 26.0. The smallest absolute Gasteiger partial charge is 0.287 e. The molecule has 2 aromatic carbocycles. The van der Waals surface area contributed by atoms with E-state index in [-0.39, 0.29) is 22.0 Å². The van der Waals surface area contributed by atoms with E-state index in [4.69, 9.17) is 23.2 Å². The number of phenols is 1. The minimum atomic E-state index is -0.651. The number of hydrogen-bond acceptors (Lipinski definition) is 5. The van der Waals surface area contributed by atoms with Gasteiger partial charge in [0.1, 0.15) is 11.4 Å². The van der Waals surface area contributed by atoms with Gasteiger partial charge in [0.05, 0.1) is 16.8 Å². The van der Waals surface area contributed by atoms with Gasteiger partial charge >= 0.3 is 0 Å². The third-order valence-corrected chi connectivity index (χ3v) is 5.18. The number of phenolic OH excluding ortho intramolecular Hbond substituents is 1. The highest BCUT2D eigenvalue weighted by molar-refractivity contribution is 7.10. The van der Waals surface area contributed by atoms with Crippen molar-refractivity contribution < 1.29 is 14.7 Å². The fourth-order valence-electron chi connectivity index (χ4n) is 2.36. The molecule has 0 atom stereocenters. The van der Waals surface area contributed by atoms with Crippen molar-refractivity contribution in [1.82, 2.24) is 10.7 Å². The van der Waals surface area contributed by atoms with E-state index in [9.17, 15) is 14.7 Å². The average molecular weight is 460 g/mol. The minimum absolute atomic E-state index is 0.0187. The highest BCUT2D eigenvalue weighted by atomic mass is 35.5. The SMILES string of the molecule is O=C(N/N=C/c1cc(Cl)ccc1O)C(=Cc1cccs1)NC(=O)c1ccccc1Cl. The number of halogens is 2. The van der Waals surface area contributed by atoms with Gasteiger partial charge in [0.25, 0.3) is 11.8 Å². The second-order valence-corrected chi connectivity index (χ2v) is 7.73. The molecule has 3 aromatic rings. The zero-order valence-electron chi connectivity index (χ0n) is 15.3. The number of hydrogen-bond donors (Lipinski definition) is 3. The van der Waals surface area contributed by atoms with E-state index < -0.39 is 11.8 Å². The van der Waals surface area contributed by atoms with Crippen molar-refractivity contribution in [2.45, 2.75) is 0 Å². The molecule has 0 saturated carbocycles. The molecule has 1 aromatic heterocycles. The van der Waals surface area contributed by atoms with Gasteiger partial charge in [-0.25, -0.2) is 5.43 Å². The highest BCUT2D eigenvalue weighted by Crippen LogP contribution is 2.20. The zero-order chi connectivity index (χ0) is 21.5. The summed E-state index contributed by atoms with van der Waals surface area (Å²) < 4.78 is 0. The number of rotatable bonds is 6. The molecule has 0 bridgehead atoms. The third-order valence-electron chi connectivity index (χ3n) is 3.80. The van der Waals surface area contributed by atoms with Gasteiger partial charge in [0.15, 0.2) is 0 Å². The Hall–Kier alpha value is -3.13. The molecule has 1 heterocycles. The summed E-state index contributed by atoms with van der Waals surface area (Å²) in [5.41, 5.74) is 2.87. The third kappa shape index (κ3) is 5.70. The molecule has 0 saturated heterocycles. The summed E-state index contributed by atoms with van der Waals surface area (Å²) in [7, 11) is 0. The number of benzene rings is 2. The topological polar surface area (TPSA) is 90.8 Å². The standard InChI is InChI=1S/C21H15Cl2N3O3S/c22-14-7-8-19(27)13(10-14)12-24-26-21(29)18(11-15-4-3-9-30-15)25-20(28)16-5-1-2-6-17(16)23/h1-12,27H,(H,25,28)(H,26,29)/b18-11?,24-12+. The van der Waals surface area contributed by atoms with E-state index in [0.29, 0.717) is 10.6 Å². The van der Waals surface area contributed by atoms with Crippen molar-refractivity contribution in [3.8, 4) is 5.75 Å². The Morgan fingerprint density at radius 2 is 1.87 bits per heavy atom. The molecule has 3 rings (SSSR count). The van der Waals surface area contributed by atoms with Crippen LogP contribution in [0.25, 0.3) is 6.08 Å². The zero-order valence-corrected chi connectivity index (χ0v) is 17.6. The van der Waals surface area contributed by atoms with Crippen molar-refractivity contribution in [1.29, 1.82) is 0 Å². The Labute approximate surface area is 186 Å². The summed E-state index contributed by atoms with van der Waals surface area (Å²) in [6.45, 7) is 0. The summed E-state index contributed by atoms with van der Waals surface area (Å²) in [6.07, 6.45) is 2.78. The Morgan fingerprint density at radius 1 is 1.07 bits per heavy atom. The number of nitrogens with one attached hydrogen (secondary N) is 2. The van der Waals surface area contributed by atoms with Crippen LogP contribution < -0.4 is 10.7 Å². The number of amides is 2. The normalized spacial score (nSPS) is 11.5. The van der Waals surface area contributed by atoms with Crippen LogP contribution in [0.15, 0.2) is 70.8 Å². The average Bonchev–Trinajstić information content (AvgIpc) is 3.23. The van der Waals surface area contributed by atoms with Crippen molar-refractivity contribution in [2.75, 3.05) is 0 Å². The lowest BCUT2D eigenvalue weighted by Crippen LogP contribution is -2.32. The molecule has 9 heteroatoms. The second-order valence-electron chi connectivity index (χ2n) is 5.91. The van der Waals surface area contributed by atoms with Crippen LogP contribution in [0.4, 0.5) is 0 Å². The first-order valence-electron chi connectivity index (χ1n) is 8.57. The van der Waals surface area contributed by atoms with E-state index in [1.165, 1.54) is 41.8 Å². The van der Waals surface area contributed by atoms with Crippen LogP contribution in [-0.4, -0.2) is 23.1 Å². The summed E-state index contributed by atoms with van der Waals surface area (Å²) >= 11 is 13.4. The second kappa shape index (κ2) is 10.1. The number of nitrogens with zero attached hydrogens (tertiary/aromatic N) is 1. The van der Waals surface area contributed by atoms with Gasteiger partial charge in [-0.05, 0) is 47.9 Å². The van der Waals surface area contributed by atoms with Gasteiger partial charge < -0.3 is 10.4 Å². The molecule has 6 nitrogen and oxygen atoms in total. The first-order chi connectivity index (χ1) is 14.4. The molecule has 0 unspecified atom stereocenters. The van der Waals surface area contributed by atoms with E-state index in [0.717, 1.165) is 4.88 Å². The minimum Gasteiger partial charge on any atom is -0.507 e. The first-order valence-corrected chi connectivity index (χ1v) is 10.2. The molecule has 0 aliphatic heterocycles. The van der Waals surface area contributed by atoms with Crippen LogP contribution in [0.2, 0.25) is 10.0 Å². The molecule has 2 amide bonds. The quantitative estimate of drug-likeness (QED) is 0.283. The van der Waals surface area contributed by atoms with Crippen molar-refractivity contribution in [3.05, 3.63) is 91.7 Å². The van der Waals surface area contributed by atoms with Crippen LogP contribution in [-0.2, 0) is 4.79 Å². The van der Waals surface area contributed by atoms with Crippen molar-refractivity contribution in [3.63, 3.8) is 0 Å². The lowest BCUT2D eigenvalue weighted by molar-refractivity contribution is -0.117. The molecule has 30 heavy (non-hydrogen) atoms. The maximum Gasteiger partial charge on any atom is 0.287 e. The predicted molar refractivity (Wildman–Crippen MR) is 120 cm³/mol. The maximum absolute atomic E-state index is 12.6. The van der Waals surface area contributed by atoms with Gasteiger partial charge in [0.2, 0.25) is 0 Å². The number of carbonyl (C=O) groups is 2. The molecule has 152 valence electrons. The monoisotopic (exact) mass is 459 g/mol. The Balaban J connectivity index is 1.79. The van der Waals surface area contributed by atoms with Gasteiger partial charge in [-0.2, -0.15) is 5.10 Å². The van der Waals surface area contributed by atoms with Gasteiger partial charge in [0, 0.05) is 15.5 Å². The first kappa shape index (κ1) is 21.6. The molecular formula is C21H15Cl2N3O3S. The van der Waals surface area contributed by atoms with E-state index >= 15 is 0 Å². The van der Waals surface area contributed by atoms with Crippen LogP contribution in [0.1, 0.15) is 20.8 Å². The number of carbonyl (C=O) groups excluding carboxylic acids is 2. The summed E-state index contributed by atoms with van der Waals surface area (Å²) in [5.74, 6) is -1.23. The predicted octanol–water partition coefficient (Wildman–Crippen LogP) is 4.68.